The van der Waals surface area contributed by atoms with Gasteiger partial charge < -0.3 is 10.1 Å². The molecule has 0 heterocycles. The molecule has 2 aromatic carbocycles. The van der Waals surface area contributed by atoms with Gasteiger partial charge in [-0.3, -0.25) is 9.00 Å². The van der Waals surface area contributed by atoms with Gasteiger partial charge in [0.1, 0.15) is 18.0 Å². The van der Waals surface area contributed by atoms with Gasteiger partial charge in [0.25, 0.3) is 5.91 Å². The summed E-state index contributed by atoms with van der Waals surface area (Å²) in [5.74, 6) is -5.40. The van der Waals surface area contributed by atoms with Gasteiger partial charge in [0.2, 0.25) is 0 Å². The third-order valence-electron chi connectivity index (χ3n) is 5.05. The predicted molar refractivity (Wildman–Crippen MR) is 128 cm³/mol. The summed E-state index contributed by atoms with van der Waals surface area (Å²) < 4.78 is 114. The highest BCUT2D eigenvalue weighted by atomic mass is 35.5. The second kappa shape index (κ2) is 12.6. The first-order valence-electron chi connectivity index (χ1n) is 10.4. The van der Waals surface area contributed by atoms with Crippen LogP contribution in [0, 0.1) is 0 Å². The minimum atomic E-state index is -5.16. The summed E-state index contributed by atoms with van der Waals surface area (Å²) in [6, 6.07) is 4.51. The molecular weight excluding hydrogens is 574 g/mol. The lowest BCUT2D eigenvalue weighted by molar-refractivity contribution is -0.140. The maximum Gasteiger partial charge on any atom is 0.417 e. The van der Waals surface area contributed by atoms with Crippen molar-refractivity contribution in [3.8, 4) is 0 Å². The summed E-state index contributed by atoms with van der Waals surface area (Å²) in [5.41, 5.74) is -3.84. The first-order chi connectivity index (χ1) is 17.1. The molecule has 0 aliphatic heterocycles. The Morgan fingerprint density at radius 3 is 2.24 bits per heavy atom. The molecular formula is C23H20Cl2F7NO3S. The number of benzene rings is 2. The number of hydrogen-bond donors (Lipinski definition) is 1. The normalized spacial score (nSPS) is 15.3. The number of rotatable bonds is 9. The van der Waals surface area contributed by atoms with Crippen molar-refractivity contribution in [1.82, 2.24) is 5.32 Å². The molecule has 0 aliphatic rings. The van der Waals surface area contributed by atoms with Crippen LogP contribution in [0.5, 0.6) is 0 Å². The van der Waals surface area contributed by atoms with Crippen molar-refractivity contribution in [2.75, 3.05) is 18.6 Å². The van der Waals surface area contributed by atoms with Crippen LogP contribution in [-0.4, -0.2) is 41.1 Å². The van der Waals surface area contributed by atoms with E-state index in [4.69, 9.17) is 27.9 Å². The molecule has 0 spiro atoms. The average molecular weight is 594 g/mol. The Morgan fingerprint density at radius 2 is 1.73 bits per heavy atom. The fraction of sp³-hybridized carbons (Fsp3) is 0.348. The molecule has 204 valence electrons. The fourth-order valence-electron chi connectivity index (χ4n) is 3.13. The largest absolute Gasteiger partial charge is 0.417 e. The summed E-state index contributed by atoms with van der Waals surface area (Å²) in [7, 11) is -0.271. The molecule has 2 rings (SSSR count). The maximum atomic E-state index is 14.9. The number of halogens is 9. The number of hydrogen-bond acceptors (Lipinski definition) is 3. The lowest BCUT2D eigenvalue weighted by Gasteiger charge is -2.20. The Hall–Kier alpha value is -2.15. The summed E-state index contributed by atoms with van der Waals surface area (Å²) in [5, 5.41) is 1.89. The van der Waals surface area contributed by atoms with Crippen LogP contribution < -0.4 is 5.32 Å². The van der Waals surface area contributed by atoms with E-state index in [-0.39, 0.29) is 33.7 Å². The highest BCUT2D eigenvalue weighted by Crippen LogP contribution is 2.41. The van der Waals surface area contributed by atoms with Gasteiger partial charge >= 0.3 is 12.4 Å². The molecule has 1 N–H and O–H groups in total. The summed E-state index contributed by atoms with van der Waals surface area (Å²) in [4.78, 5) is 12.5. The molecule has 0 fully saturated rings. The van der Waals surface area contributed by atoms with Crippen molar-refractivity contribution in [3.63, 3.8) is 0 Å². The number of ether oxygens (including phenoxy) is 1. The highest BCUT2D eigenvalue weighted by Gasteiger charge is 2.41. The van der Waals surface area contributed by atoms with E-state index in [1.807, 2.05) is 0 Å². The van der Waals surface area contributed by atoms with Gasteiger partial charge in [0.15, 0.2) is 0 Å². The van der Waals surface area contributed by atoms with Crippen LogP contribution in [0.15, 0.2) is 42.5 Å². The average Bonchev–Trinajstić information content (AvgIpc) is 2.81. The summed E-state index contributed by atoms with van der Waals surface area (Å²) >= 11 is 11.5. The first kappa shape index (κ1) is 31.1. The van der Waals surface area contributed by atoms with Crippen LogP contribution in [0.2, 0.25) is 10.0 Å². The molecule has 3 atom stereocenters. The van der Waals surface area contributed by atoms with E-state index in [9.17, 15) is 39.7 Å². The van der Waals surface area contributed by atoms with Crippen molar-refractivity contribution < 1.29 is 44.5 Å². The number of amides is 1. The van der Waals surface area contributed by atoms with Gasteiger partial charge in [-0.05, 0) is 35.9 Å². The topological polar surface area (TPSA) is 55.4 Å². The molecule has 4 nitrogen and oxygen atoms in total. The molecule has 2 aromatic rings. The van der Waals surface area contributed by atoms with E-state index < -0.39 is 69.3 Å². The number of methoxy groups -OCH3 is 1. The fourth-order valence-corrected chi connectivity index (χ4v) is 4.23. The van der Waals surface area contributed by atoms with Crippen LogP contribution in [-0.2, 0) is 21.7 Å². The molecule has 0 saturated heterocycles. The molecule has 37 heavy (non-hydrogen) atoms. The van der Waals surface area contributed by atoms with E-state index in [0.717, 1.165) is 31.4 Å². The van der Waals surface area contributed by atoms with Crippen molar-refractivity contribution in [1.29, 1.82) is 0 Å². The van der Waals surface area contributed by atoms with Gasteiger partial charge in [-0.2, -0.15) is 26.3 Å². The number of alkyl halides is 6. The van der Waals surface area contributed by atoms with Gasteiger partial charge in [0.05, 0.1) is 26.9 Å². The Balaban J connectivity index is 2.49. The zero-order valence-electron chi connectivity index (χ0n) is 19.1. The lowest BCUT2D eigenvalue weighted by Crippen LogP contribution is -2.41. The Kier molecular flexibility index (Phi) is 10.6. The van der Waals surface area contributed by atoms with Crippen molar-refractivity contribution in [2.45, 2.75) is 31.4 Å². The molecule has 1 amide bonds. The molecule has 0 saturated carbocycles. The third-order valence-corrected chi connectivity index (χ3v) is 7.11. The second-order valence-electron chi connectivity index (χ2n) is 7.56. The minimum Gasteiger partial charge on any atom is -0.361 e. The molecule has 14 heteroatoms. The predicted octanol–water partition coefficient (Wildman–Crippen LogP) is 7.14. The van der Waals surface area contributed by atoms with E-state index in [2.05, 4.69) is 5.32 Å². The molecule has 0 bridgehead atoms. The van der Waals surface area contributed by atoms with Gasteiger partial charge in [-0.25, -0.2) is 4.39 Å². The monoisotopic (exact) mass is 593 g/mol. The zero-order chi connectivity index (χ0) is 28.1. The summed E-state index contributed by atoms with van der Waals surface area (Å²) in [6.45, 7) is 1.60. The number of nitrogens with one attached hydrogen (secondary N) is 1. The highest BCUT2D eigenvalue weighted by molar-refractivity contribution is 7.84. The van der Waals surface area contributed by atoms with Crippen LogP contribution in [0.25, 0.3) is 5.83 Å². The van der Waals surface area contributed by atoms with Crippen LogP contribution in [0.3, 0.4) is 0 Å². The van der Waals surface area contributed by atoms with Gasteiger partial charge in [-0.15, -0.1) is 0 Å². The lowest BCUT2D eigenvalue weighted by atomic mass is 9.95. The van der Waals surface area contributed by atoms with Crippen molar-refractivity contribution in [2.24, 2.45) is 0 Å². The van der Waals surface area contributed by atoms with E-state index in [1.165, 1.54) is 0 Å². The van der Waals surface area contributed by atoms with Crippen molar-refractivity contribution >= 4 is 45.7 Å². The van der Waals surface area contributed by atoms with Crippen LogP contribution in [0.1, 0.15) is 39.9 Å². The Labute approximate surface area is 220 Å². The van der Waals surface area contributed by atoms with Gasteiger partial charge in [0, 0.05) is 29.2 Å². The van der Waals surface area contributed by atoms with E-state index in [1.54, 1.807) is 6.92 Å². The SMILES string of the molecule is CCS(=O)CC(NC(=O)c1ccc(/C(F)=C/C(c2ccc(Cl)c(Cl)c2)C(F)(F)F)cc1C(F)(F)F)OC. The van der Waals surface area contributed by atoms with Crippen LogP contribution >= 0.6 is 23.2 Å². The molecule has 0 aliphatic carbocycles. The minimum absolute atomic E-state index is 0.0453. The smallest absolute Gasteiger partial charge is 0.361 e. The van der Waals surface area contributed by atoms with E-state index in [0.29, 0.717) is 6.07 Å². The zero-order valence-corrected chi connectivity index (χ0v) is 21.5. The summed E-state index contributed by atoms with van der Waals surface area (Å²) in [6.07, 6.45) is -11.3. The first-order valence-corrected chi connectivity index (χ1v) is 12.6. The Morgan fingerprint density at radius 1 is 1.08 bits per heavy atom. The molecule has 0 radical (unpaired) electrons. The van der Waals surface area contributed by atoms with Crippen molar-refractivity contribution in [3.05, 3.63) is 74.8 Å². The second-order valence-corrected chi connectivity index (χ2v) is 10.2. The third kappa shape index (κ3) is 8.42. The number of allylic oxidation sites excluding steroid dienone is 1. The molecule has 0 aromatic heterocycles. The van der Waals surface area contributed by atoms with Crippen LogP contribution in [0.4, 0.5) is 30.7 Å². The maximum absolute atomic E-state index is 14.9. The Bertz CT molecular complexity index is 1190. The number of carbonyl (C=O) groups excluding carboxylic acids is 1. The number of carbonyl (C=O) groups is 1. The quantitative estimate of drug-likeness (QED) is 0.248. The van der Waals surface area contributed by atoms with E-state index >= 15 is 0 Å². The molecule has 3 unspecified atom stereocenters. The van der Waals surface area contributed by atoms with Gasteiger partial charge in [-0.1, -0.05) is 42.3 Å². The standard InChI is InChI=1S/C23H20Cl2F7NO3S/c1-3-37(35)11-20(36-2)33-21(34)14-6-4-13(8-16(14)23(30,31)32)19(26)10-15(22(27,28)29)12-5-7-17(24)18(25)9-12/h4-10,15,20H,3,11H2,1-2H3,(H,33,34)/b19-10-.